The van der Waals surface area contributed by atoms with Gasteiger partial charge in [0.1, 0.15) is 5.78 Å². The number of Topliss-reactive ketones (excluding diaryl/α,β-unsaturated/α-hetero) is 1. The lowest BCUT2D eigenvalue weighted by molar-refractivity contribution is -0.146. The molecule has 2 saturated carbocycles. The molecule has 2 heteroatoms. The second-order valence-corrected chi connectivity index (χ2v) is 7.93. The van der Waals surface area contributed by atoms with Crippen LogP contribution in [0.3, 0.4) is 0 Å². The fourth-order valence-electron chi connectivity index (χ4n) is 4.84. The molecule has 0 aromatic carbocycles. The SMILES string of the molecule is C[C@@H]1CC[C@@]2(C)[C@H](C)C[C@H](C)C(=O)[C@@H]2[C@H]1/C=C/c1ccoc1. The third-order valence-corrected chi connectivity index (χ3v) is 6.57. The molecule has 0 N–H and O–H groups in total. The van der Waals surface area contributed by atoms with Crippen molar-refractivity contribution < 1.29 is 9.21 Å². The van der Waals surface area contributed by atoms with Crippen molar-refractivity contribution in [1.29, 1.82) is 0 Å². The highest BCUT2D eigenvalue weighted by Gasteiger charge is 2.54. The largest absolute Gasteiger partial charge is 0.472 e. The maximum absolute atomic E-state index is 13.0. The molecule has 2 fully saturated rings. The van der Waals surface area contributed by atoms with Crippen LogP contribution < -0.4 is 0 Å². The molecule has 0 unspecified atom stereocenters. The van der Waals surface area contributed by atoms with E-state index in [2.05, 4.69) is 39.8 Å². The van der Waals surface area contributed by atoms with Crippen molar-refractivity contribution in [3.8, 4) is 0 Å². The maximum atomic E-state index is 13.0. The summed E-state index contributed by atoms with van der Waals surface area (Å²) in [6.07, 6.45) is 11.3. The smallest absolute Gasteiger partial charge is 0.139 e. The molecule has 0 saturated heterocycles. The summed E-state index contributed by atoms with van der Waals surface area (Å²) >= 11 is 0. The molecule has 0 spiro atoms. The molecule has 0 bridgehead atoms. The average molecular weight is 300 g/mol. The molecule has 0 aliphatic heterocycles. The van der Waals surface area contributed by atoms with Gasteiger partial charge in [-0.1, -0.05) is 39.8 Å². The lowest BCUT2D eigenvalue weighted by Crippen LogP contribution is -2.53. The van der Waals surface area contributed by atoms with Crippen LogP contribution >= 0.6 is 0 Å². The number of carbonyl (C=O) groups is 1. The Hall–Kier alpha value is -1.31. The van der Waals surface area contributed by atoms with Crippen molar-refractivity contribution in [1.82, 2.24) is 0 Å². The van der Waals surface area contributed by atoms with E-state index in [0.29, 0.717) is 23.5 Å². The van der Waals surface area contributed by atoms with Crippen molar-refractivity contribution >= 4 is 11.9 Å². The van der Waals surface area contributed by atoms with Gasteiger partial charge in [0.2, 0.25) is 0 Å². The van der Waals surface area contributed by atoms with Crippen LogP contribution in [0.5, 0.6) is 0 Å². The lowest BCUT2D eigenvalue weighted by atomic mass is 9.49. The fourth-order valence-corrected chi connectivity index (χ4v) is 4.84. The van der Waals surface area contributed by atoms with Gasteiger partial charge in [0.05, 0.1) is 12.5 Å². The van der Waals surface area contributed by atoms with Gasteiger partial charge in [0, 0.05) is 17.4 Å². The van der Waals surface area contributed by atoms with Crippen LogP contribution in [0.4, 0.5) is 0 Å². The summed E-state index contributed by atoms with van der Waals surface area (Å²) in [7, 11) is 0. The molecular weight excluding hydrogens is 272 g/mol. The topological polar surface area (TPSA) is 30.2 Å². The highest BCUT2D eigenvalue weighted by molar-refractivity contribution is 5.85. The second kappa shape index (κ2) is 5.72. The first-order chi connectivity index (χ1) is 10.4. The van der Waals surface area contributed by atoms with Crippen LogP contribution in [0.1, 0.15) is 52.5 Å². The summed E-state index contributed by atoms with van der Waals surface area (Å²) in [5, 5.41) is 0. The van der Waals surface area contributed by atoms with Gasteiger partial charge >= 0.3 is 0 Å². The number of ketones is 1. The van der Waals surface area contributed by atoms with Crippen LogP contribution in [0.2, 0.25) is 0 Å². The second-order valence-electron chi connectivity index (χ2n) is 7.93. The Labute approximate surface area is 134 Å². The Bertz CT molecular complexity index is 556. The number of hydrogen-bond acceptors (Lipinski definition) is 2. The molecular formula is C20H28O2. The zero-order valence-corrected chi connectivity index (χ0v) is 14.2. The Balaban J connectivity index is 1.94. The van der Waals surface area contributed by atoms with Crippen molar-refractivity contribution in [3.63, 3.8) is 0 Å². The van der Waals surface area contributed by atoms with Gasteiger partial charge in [0.25, 0.3) is 0 Å². The molecule has 22 heavy (non-hydrogen) atoms. The molecule has 0 amide bonds. The third-order valence-electron chi connectivity index (χ3n) is 6.57. The normalized spacial score (nSPS) is 42.5. The number of allylic oxidation sites excluding steroid dienone is 1. The highest BCUT2D eigenvalue weighted by Crippen LogP contribution is 2.56. The highest BCUT2D eigenvalue weighted by atomic mass is 16.3. The van der Waals surface area contributed by atoms with Gasteiger partial charge in [-0.15, -0.1) is 0 Å². The van der Waals surface area contributed by atoms with Gasteiger partial charge in [-0.25, -0.2) is 0 Å². The molecule has 1 heterocycles. The van der Waals surface area contributed by atoms with Crippen molar-refractivity contribution in [2.24, 2.45) is 35.0 Å². The molecule has 0 radical (unpaired) electrons. The third kappa shape index (κ3) is 2.47. The standard InChI is InChI=1S/C20H28O2/c1-13-7-9-20(4)15(3)11-14(2)19(21)18(20)17(13)6-5-16-8-10-22-12-16/h5-6,8,10,12-15,17-18H,7,9,11H2,1-4H3/b6-5+/t13-,14+,15-,17+,18+,20+/m1/s1. The number of fused-ring (bicyclic) bond motifs is 1. The molecule has 2 nitrogen and oxygen atoms in total. The quantitative estimate of drug-likeness (QED) is 0.751. The van der Waals surface area contributed by atoms with E-state index < -0.39 is 0 Å². The molecule has 6 atom stereocenters. The van der Waals surface area contributed by atoms with Gasteiger partial charge in [-0.2, -0.15) is 0 Å². The molecule has 3 rings (SSSR count). The van der Waals surface area contributed by atoms with E-state index in [1.807, 2.05) is 6.07 Å². The van der Waals surface area contributed by atoms with Crippen LogP contribution in [0.15, 0.2) is 29.1 Å². The summed E-state index contributed by atoms with van der Waals surface area (Å²) in [6, 6.07) is 1.97. The zero-order chi connectivity index (χ0) is 15.9. The summed E-state index contributed by atoms with van der Waals surface area (Å²) in [6.45, 7) is 9.13. The first-order valence-corrected chi connectivity index (χ1v) is 8.67. The minimum absolute atomic E-state index is 0.168. The molecule has 1 aromatic rings. The van der Waals surface area contributed by atoms with E-state index >= 15 is 0 Å². The summed E-state index contributed by atoms with van der Waals surface area (Å²) in [5.74, 6) is 2.44. The van der Waals surface area contributed by atoms with Crippen molar-refractivity contribution in [2.75, 3.05) is 0 Å². The van der Waals surface area contributed by atoms with Crippen molar-refractivity contribution in [3.05, 3.63) is 30.2 Å². The first kappa shape index (κ1) is 15.6. The van der Waals surface area contributed by atoms with Gasteiger partial charge < -0.3 is 4.42 Å². The molecule has 2 aliphatic rings. The van der Waals surface area contributed by atoms with Gasteiger partial charge in [-0.3, -0.25) is 4.79 Å². The van der Waals surface area contributed by atoms with E-state index in [1.54, 1.807) is 12.5 Å². The van der Waals surface area contributed by atoms with Crippen LogP contribution in [0, 0.1) is 35.0 Å². The summed E-state index contributed by atoms with van der Waals surface area (Å²) < 4.78 is 5.14. The maximum Gasteiger partial charge on any atom is 0.139 e. The van der Waals surface area contributed by atoms with Gasteiger partial charge in [-0.05, 0) is 48.5 Å². The summed E-state index contributed by atoms with van der Waals surface area (Å²) in [4.78, 5) is 13.0. The van der Waals surface area contributed by atoms with Crippen molar-refractivity contribution in [2.45, 2.75) is 47.0 Å². The molecule has 1 aromatic heterocycles. The predicted octanol–water partition coefficient (Wildman–Crippen LogP) is 5.21. The average Bonchev–Trinajstić information content (AvgIpc) is 2.99. The number of carbonyl (C=O) groups excluding carboxylic acids is 1. The zero-order valence-electron chi connectivity index (χ0n) is 14.2. The Kier molecular flexibility index (Phi) is 4.05. The van der Waals surface area contributed by atoms with Crippen LogP contribution in [-0.4, -0.2) is 5.78 Å². The fraction of sp³-hybridized carbons (Fsp3) is 0.650. The molecule has 2 aliphatic carbocycles. The Morgan fingerprint density at radius 2 is 2.09 bits per heavy atom. The van der Waals surface area contributed by atoms with E-state index in [4.69, 9.17) is 4.42 Å². The van der Waals surface area contributed by atoms with E-state index in [0.717, 1.165) is 12.0 Å². The Morgan fingerprint density at radius 1 is 1.32 bits per heavy atom. The molecule has 120 valence electrons. The first-order valence-electron chi connectivity index (χ1n) is 8.67. The number of rotatable bonds is 2. The minimum atomic E-state index is 0.168. The predicted molar refractivity (Wildman–Crippen MR) is 89.2 cm³/mol. The summed E-state index contributed by atoms with van der Waals surface area (Å²) in [5.41, 5.74) is 1.26. The number of hydrogen-bond donors (Lipinski definition) is 0. The lowest BCUT2D eigenvalue weighted by Gasteiger charge is -2.54. The van der Waals surface area contributed by atoms with Gasteiger partial charge in [0.15, 0.2) is 0 Å². The monoisotopic (exact) mass is 300 g/mol. The van der Waals surface area contributed by atoms with E-state index in [1.165, 1.54) is 12.8 Å². The Morgan fingerprint density at radius 3 is 2.77 bits per heavy atom. The van der Waals surface area contributed by atoms with Crippen LogP contribution in [0.25, 0.3) is 6.08 Å². The van der Waals surface area contributed by atoms with E-state index in [9.17, 15) is 4.79 Å². The van der Waals surface area contributed by atoms with Crippen LogP contribution in [-0.2, 0) is 4.79 Å². The van der Waals surface area contributed by atoms with E-state index in [-0.39, 0.29) is 17.3 Å². The number of furan rings is 1. The minimum Gasteiger partial charge on any atom is -0.472 e.